The number of nitrogens with zero attached hydrogens (tertiary/aromatic N) is 3. The Hall–Kier alpha value is -2.26. The molecule has 0 saturated heterocycles. The minimum atomic E-state index is -0.561. The van der Waals surface area contributed by atoms with E-state index in [1.807, 2.05) is 19.9 Å². The minimum absolute atomic E-state index is 0.0204. The Morgan fingerprint density at radius 3 is 2.70 bits per heavy atom. The van der Waals surface area contributed by atoms with Crippen LogP contribution in [-0.4, -0.2) is 16.2 Å². The molecule has 104 valence electrons. The molecule has 0 amide bonds. The summed E-state index contributed by atoms with van der Waals surface area (Å²) in [4.78, 5) is 4.12. The maximum absolute atomic E-state index is 13.8. The van der Waals surface area contributed by atoms with E-state index in [4.69, 9.17) is 14.5 Å². The standard InChI is InChI=1S/C14H14FN3O2/c1-8(2)19-9(3)14-17-13(18-20-14)11-5-4-10(7-16)6-12(11)15/h4-6,8-9H,1-3H3. The second-order valence-electron chi connectivity index (χ2n) is 4.59. The zero-order valence-corrected chi connectivity index (χ0v) is 11.4. The summed E-state index contributed by atoms with van der Waals surface area (Å²) < 4.78 is 24.4. The molecule has 6 heteroatoms. The van der Waals surface area contributed by atoms with Crippen molar-refractivity contribution >= 4 is 0 Å². The fourth-order valence-corrected chi connectivity index (χ4v) is 1.74. The molecule has 1 atom stereocenters. The van der Waals surface area contributed by atoms with Gasteiger partial charge in [0.25, 0.3) is 5.89 Å². The van der Waals surface area contributed by atoms with Crippen LogP contribution < -0.4 is 0 Å². The summed E-state index contributed by atoms with van der Waals surface area (Å²) in [6.45, 7) is 5.58. The smallest absolute Gasteiger partial charge is 0.255 e. The summed E-state index contributed by atoms with van der Waals surface area (Å²) in [7, 11) is 0. The van der Waals surface area contributed by atoms with Crippen LogP contribution in [0.5, 0.6) is 0 Å². The molecule has 5 nitrogen and oxygen atoms in total. The lowest BCUT2D eigenvalue weighted by atomic mass is 10.1. The number of aromatic nitrogens is 2. The molecule has 1 heterocycles. The second-order valence-corrected chi connectivity index (χ2v) is 4.59. The van der Waals surface area contributed by atoms with Gasteiger partial charge in [-0.25, -0.2) is 4.39 Å². The zero-order chi connectivity index (χ0) is 14.7. The highest BCUT2D eigenvalue weighted by atomic mass is 19.1. The maximum atomic E-state index is 13.8. The van der Waals surface area contributed by atoms with Crippen molar-refractivity contribution in [2.24, 2.45) is 0 Å². The number of halogens is 1. The van der Waals surface area contributed by atoms with Crippen LogP contribution in [0.15, 0.2) is 22.7 Å². The van der Waals surface area contributed by atoms with Gasteiger partial charge < -0.3 is 9.26 Å². The Labute approximate surface area is 116 Å². The van der Waals surface area contributed by atoms with Crippen LogP contribution in [0.3, 0.4) is 0 Å². The van der Waals surface area contributed by atoms with Gasteiger partial charge in [-0.05, 0) is 39.0 Å². The van der Waals surface area contributed by atoms with Crippen LogP contribution in [0.1, 0.15) is 38.3 Å². The van der Waals surface area contributed by atoms with Gasteiger partial charge in [0.2, 0.25) is 5.82 Å². The van der Waals surface area contributed by atoms with Crippen LogP contribution in [0.25, 0.3) is 11.4 Å². The van der Waals surface area contributed by atoms with Crippen molar-refractivity contribution in [1.29, 1.82) is 5.26 Å². The lowest BCUT2D eigenvalue weighted by molar-refractivity contribution is -0.0000500. The first-order valence-corrected chi connectivity index (χ1v) is 6.20. The molecule has 1 unspecified atom stereocenters. The normalized spacial score (nSPS) is 12.4. The number of rotatable bonds is 4. The molecule has 0 radical (unpaired) electrons. The van der Waals surface area contributed by atoms with Gasteiger partial charge in [0, 0.05) is 0 Å². The number of hydrogen-bond donors (Lipinski definition) is 0. The minimum Gasteiger partial charge on any atom is -0.366 e. The topological polar surface area (TPSA) is 71.9 Å². The van der Waals surface area contributed by atoms with Crippen molar-refractivity contribution in [2.75, 3.05) is 0 Å². The molecule has 1 aromatic carbocycles. The summed E-state index contributed by atoms with van der Waals surface area (Å²) in [5.74, 6) is -0.132. The Morgan fingerprint density at radius 1 is 1.35 bits per heavy atom. The molecule has 0 aliphatic carbocycles. The predicted molar refractivity (Wildman–Crippen MR) is 69.0 cm³/mol. The summed E-state index contributed by atoms with van der Waals surface area (Å²) in [5.41, 5.74) is 0.433. The monoisotopic (exact) mass is 275 g/mol. The fraction of sp³-hybridized carbons (Fsp3) is 0.357. The number of ether oxygens (including phenoxy) is 1. The van der Waals surface area contributed by atoms with Crippen LogP contribution >= 0.6 is 0 Å². The molecular formula is C14H14FN3O2. The Bertz CT molecular complexity index is 646. The molecule has 0 fully saturated rings. The van der Waals surface area contributed by atoms with E-state index in [0.717, 1.165) is 6.07 Å². The van der Waals surface area contributed by atoms with Crippen LogP contribution in [0.2, 0.25) is 0 Å². The van der Waals surface area contributed by atoms with E-state index in [0.29, 0.717) is 0 Å². The van der Waals surface area contributed by atoms with Crippen molar-refractivity contribution in [3.8, 4) is 17.5 Å². The van der Waals surface area contributed by atoms with Gasteiger partial charge in [0.05, 0.1) is 23.3 Å². The highest BCUT2D eigenvalue weighted by Crippen LogP contribution is 2.24. The van der Waals surface area contributed by atoms with Crippen molar-refractivity contribution in [3.63, 3.8) is 0 Å². The largest absolute Gasteiger partial charge is 0.366 e. The summed E-state index contributed by atoms with van der Waals surface area (Å²) in [6, 6.07) is 5.96. The van der Waals surface area contributed by atoms with Crippen molar-refractivity contribution in [2.45, 2.75) is 33.0 Å². The average molecular weight is 275 g/mol. The first-order valence-electron chi connectivity index (χ1n) is 6.20. The van der Waals surface area contributed by atoms with Gasteiger partial charge in [-0.2, -0.15) is 10.2 Å². The zero-order valence-electron chi connectivity index (χ0n) is 11.4. The Balaban J connectivity index is 2.27. The van der Waals surface area contributed by atoms with Crippen LogP contribution in [0, 0.1) is 17.1 Å². The molecule has 2 aromatic rings. The first kappa shape index (κ1) is 14.2. The van der Waals surface area contributed by atoms with E-state index in [-0.39, 0.29) is 35.0 Å². The fourth-order valence-electron chi connectivity index (χ4n) is 1.74. The van der Waals surface area contributed by atoms with E-state index in [9.17, 15) is 4.39 Å². The van der Waals surface area contributed by atoms with Gasteiger partial charge in [0.15, 0.2) is 0 Å². The van der Waals surface area contributed by atoms with Gasteiger partial charge in [-0.3, -0.25) is 0 Å². The lowest BCUT2D eigenvalue weighted by Gasteiger charge is -2.11. The van der Waals surface area contributed by atoms with Gasteiger partial charge in [-0.1, -0.05) is 5.16 Å². The molecule has 1 aromatic heterocycles. The lowest BCUT2D eigenvalue weighted by Crippen LogP contribution is -2.07. The molecule has 0 bridgehead atoms. The highest BCUT2D eigenvalue weighted by Gasteiger charge is 2.18. The molecule has 2 rings (SSSR count). The number of hydrogen-bond acceptors (Lipinski definition) is 5. The van der Waals surface area contributed by atoms with Crippen molar-refractivity contribution < 1.29 is 13.7 Å². The summed E-state index contributed by atoms with van der Waals surface area (Å²) in [6.07, 6.45) is -0.343. The summed E-state index contributed by atoms with van der Waals surface area (Å²) >= 11 is 0. The third-order valence-electron chi connectivity index (χ3n) is 2.60. The van der Waals surface area contributed by atoms with Gasteiger partial charge in [-0.15, -0.1) is 0 Å². The third kappa shape index (κ3) is 3.00. The van der Waals surface area contributed by atoms with Crippen molar-refractivity contribution in [3.05, 3.63) is 35.5 Å². The van der Waals surface area contributed by atoms with E-state index in [1.54, 1.807) is 6.92 Å². The van der Waals surface area contributed by atoms with E-state index in [2.05, 4.69) is 10.1 Å². The molecule has 0 aliphatic rings. The molecular weight excluding hydrogens is 261 g/mol. The molecule has 0 aliphatic heterocycles. The molecule has 20 heavy (non-hydrogen) atoms. The predicted octanol–water partition coefficient (Wildman–Crippen LogP) is 3.23. The number of nitriles is 1. The third-order valence-corrected chi connectivity index (χ3v) is 2.60. The molecule has 0 spiro atoms. The van der Waals surface area contributed by atoms with Gasteiger partial charge >= 0.3 is 0 Å². The average Bonchev–Trinajstić information content (AvgIpc) is 2.87. The van der Waals surface area contributed by atoms with Crippen LogP contribution in [0.4, 0.5) is 4.39 Å². The van der Waals surface area contributed by atoms with Crippen LogP contribution in [-0.2, 0) is 4.74 Å². The summed E-state index contributed by atoms with van der Waals surface area (Å²) in [5, 5.41) is 12.4. The molecule has 0 N–H and O–H groups in total. The highest BCUT2D eigenvalue weighted by molar-refractivity contribution is 5.57. The number of benzene rings is 1. The SMILES string of the molecule is CC(C)OC(C)c1nc(-c2ccc(C#N)cc2F)no1. The van der Waals surface area contributed by atoms with E-state index in [1.165, 1.54) is 12.1 Å². The van der Waals surface area contributed by atoms with Gasteiger partial charge in [0.1, 0.15) is 11.9 Å². The Morgan fingerprint density at radius 2 is 2.10 bits per heavy atom. The quantitative estimate of drug-likeness (QED) is 0.856. The first-order chi connectivity index (χ1) is 9.51. The Kier molecular flexibility index (Phi) is 4.11. The van der Waals surface area contributed by atoms with Crippen molar-refractivity contribution in [1.82, 2.24) is 10.1 Å². The second kappa shape index (κ2) is 5.80. The van der Waals surface area contributed by atoms with E-state index < -0.39 is 5.82 Å². The van der Waals surface area contributed by atoms with E-state index >= 15 is 0 Å². The molecule has 0 saturated carbocycles. The maximum Gasteiger partial charge on any atom is 0.255 e.